The summed E-state index contributed by atoms with van der Waals surface area (Å²) in [5.41, 5.74) is 0.559. The molecule has 0 radical (unpaired) electrons. The van der Waals surface area contributed by atoms with Crippen LogP contribution in [0.3, 0.4) is 0 Å². The standard InChI is InChI=1S/C17H27NO3/c1-4-10-18(11-5-2)12-15(20)13-21-17-9-7-6-8-16(17)14(3)19/h6-9,15,20H,4-5,10-13H2,1-3H3/t15-/m0/s1. The summed E-state index contributed by atoms with van der Waals surface area (Å²) < 4.78 is 5.62. The van der Waals surface area contributed by atoms with Crippen LogP contribution in [0.2, 0.25) is 0 Å². The molecule has 0 amide bonds. The van der Waals surface area contributed by atoms with Crippen molar-refractivity contribution in [2.75, 3.05) is 26.2 Å². The molecule has 0 unspecified atom stereocenters. The highest BCUT2D eigenvalue weighted by Gasteiger charge is 2.13. The number of para-hydroxylation sites is 1. The van der Waals surface area contributed by atoms with Gasteiger partial charge in [-0.2, -0.15) is 0 Å². The normalized spacial score (nSPS) is 12.4. The van der Waals surface area contributed by atoms with Crippen molar-refractivity contribution >= 4 is 5.78 Å². The Labute approximate surface area is 127 Å². The van der Waals surface area contributed by atoms with Gasteiger partial charge in [-0.1, -0.05) is 26.0 Å². The van der Waals surface area contributed by atoms with Gasteiger partial charge in [-0.25, -0.2) is 0 Å². The van der Waals surface area contributed by atoms with Crippen LogP contribution in [0, 0.1) is 0 Å². The van der Waals surface area contributed by atoms with Gasteiger partial charge in [0.15, 0.2) is 5.78 Å². The van der Waals surface area contributed by atoms with E-state index in [1.54, 1.807) is 12.1 Å². The smallest absolute Gasteiger partial charge is 0.163 e. The summed E-state index contributed by atoms with van der Waals surface area (Å²) in [6.07, 6.45) is 1.59. The fourth-order valence-corrected chi connectivity index (χ4v) is 2.35. The number of aliphatic hydroxyl groups is 1. The number of benzene rings is 1. The molecule has 118 valence electrons. The first-order valence-electron chi connectivity index (χ1n) is 7.71. The van der Waals surface area contributed by atoms with Gasteiger partial charge < -0.3 is 14.7 Å². The van der Waals surface area contributed by atoms with Gasteiger partial charge in [0.2, 0.25) is 0 Å². The predicted molar refractivity (Wildman–Crippen MR) is 85.0 cm³/mol. The lowest BCUT2D eigenvalue weighted by Gasteiger charge is -2.24. The van der Waals surface area contributed by atoms with Crippen LogP contribution in [-0.4, -0.2) is 48.1 Å². The minimum absolute atomic E-state index is 0.0290. The Bertz CT molecular complexity index is 428. The Morgan fingerprint density at radius 2 is 1.86 bits per heavy atom. The van der Waals surface area contributed by atoms with Crippen molar-refractivity contribution in [3.63, 3.8) is 0 Å². The van der Waals surface area contributed by atoms with E-state index in [9.17, 15) is 9.90 Å². The Morgan fingerprint density at radius 1 is 1.24 bits per heavy atom. The monoisotopic (exact) mass is 293 g/mol. The molecule has 0 fully saturated rings. The van der Waals surface area contributed by atoms with E-state index in [0.29, 0.717) is 17.9 Å². The van der Waals surface area contributed by atoms with Gasteiger partial charge in [0, 0.05) is 6.54 Å². The van der Waals surface area contributed by atoms with Crippen LogP contribution in [0.25, 0.3) is 0 Å². The van der Waals surface area contributed by atoms with Crippen molar-refractivity contribution in [3.8, 4) is 5.75 Å². The molecule has 0 aromatic heterocycles. The summed E-state index contributed by atoms with van der Waals surface area (Å²) in [7, 11) is 0. The van der Waals surface area contributed by atoms with Gasteiger partial charge in [-0.3, -0.25) is 4.79 Å². The molecule has 0 spiro atoms. The number of hydrogen-bond acceptors (Lipinski definition) is 4. The maximum atomic E-state index is 11.5. The number of hydrogen-bond donors (Lipinski definition) is 1. The number of Topliss-reactive ketones (excluding diaryl/α,β-unsaturated/α-hetero) is 1. The zero-order chi connectivity index (χ0) is 15.7. The molecular weight excluding hydrogens is 266 g/mol. The molecular formula is C17H27NO3. The van der Waals surface area contributed by atoms with Crippen LogP contribution in [0.4, 0.5) is 0 Å². The Morgan fingerprint density at radius 3 is 2.43 bits per heavy atom. The first kappa shape index (κ1) is 17.7. The molecule has 0 saturated carbocycles. The highest BCUT2D eigenvalue weighted by molar-refractivity contribution is 5.96. The summed E-state index contributed by atoms with van der Waals surface area (Å²) >= 11 is 0. The molecule has 0 aliphatic heterocycles. The van der Waals surface area contributed by atoms with Crippen molar-refractivity contribution in [3.05, 3.63) is 29.8 Å². The van der Waals surface area contributed by atoms with Crippen molar-refractivity contribution in [1.29, 1.82) is 0 Å². The highest BCUT2D eigenvalue weighted by atomic mass is 16.5. The fourth-order valence-electron chi connectivity index (χ4n) is 2.35. The van der Waals surface area contributed by atoms with Crippen molar-refractivity contribution in [2.24, 2.45) is 0 Å². The number of aliphatic hydroxyl groups excluding tert-OH is 1. The maximum Gasteiger partial charge on any atom is 0.163 e. The Hall–Kier alpha value is -1.39. The van der Waals surface area contributed by atoms with Gasteiger partial charge in [0.25, 0.3) is 0 Å². The molecule has 0 aliphatic rings. The average molecular weight is 293 g/mol. The SMILES string of the molecule is CCCN(CCC)C[C@H](O)COc1ccccc1C(C)=O. The van der Waals surface area contributed by atoms with E-state index in [2.05, 4.69) is 18.7 Å². The van der Waals surface area contributed by atoms with E-state index in [0.717, 1.165) is 25.9 Å². The van der Waals surface area contributed by atoms with Gasteiger partial charge in [-0.15, -0.1) is 0 Å². The molecule has 1 N–H and O–H groups in total. The van der Waals surface area contributed by atoms with E-state index in [-0.39, 0.29) is 12.4 Å². The van der Waals surface area contributed by atoms with E-state index in [1.807, 2.05) is 12.1 Å². The number of ether oxygens (including phenoxy) is 1. The second-order valence-corrected chi connectivity index (χ2v) is 5.32. The average Bonchev–Trinajstić information content (AvgIpc) is 2.46. The molecule has 21 heavy (non-hydrogen) atoms. The third-order valence-corrected chi connectivity index (χ3v) is 3.25. The van der Waals surface area contributed by atoms with E-state index in [1.165, 1.54) is 6.92 Å². The summed E-state index contributed by atoms with van der Waals surface area (Å²) in [6.45, 7) is 8.55. The van der Waals surface area contributed by atoms with Gasteiger partial charge in [-0.05, 0) is 45.0 Å². The molecule has 1 rings (SSSR count). The van der Waals surface area contributed by atoms with E-state index >= 15 is 0 Å². The van der Waals surface area contributed by atoms with Crippen molar-refractivity contribution in [1.82, 2.24) is 4.90 Å². The van der Waals surface area contributed by atoms with Crippen LogP contribution in [0.1, 0.15) is 44.0 Å². The van der Waals surface area contributed by atoms with Crippen molar-refractivity contribution in [2.45, 2.75) is 39.7 Å². The number of carbonyl (C=O) groups excluding carboxylic acids is 1. The fraction of sp³-hybridized carbons (Fsp3) is 0.588. The molecule has 0 aliphatic carbocycles. The van der Waals surface area contributed by atoms with Crippen LogP contribution in [0.15, 0.2) is 24.3 Å². The Kier molecular flexibility index (Phi) is 8.01. The number of ketones is 1. The second kappa shape index (κ2) is 9.53. The second-order valence-electron chi connectivity index (χ2n) is 5.32. The number of rotatable bonds is 10. The molecule has 4 nitrogen and oxygen atoms in total. The molecule has 0 saturated heterocycles. The first-order valence-corrected chi connectivity index (χ1v) is 7.71. The van der Waals surface area contributed by atoms with E-state index in [4.69, 9.17) is 4.74 Å². The lowest BCUT2D eigenvalue weighted by molar-refractivity contribution is 0.0674. The minimum atomic E-state index is -0.553. The first-order chi connectivity index (χ1) is 10.1. The van der Waals surface area contributed by atoms with Crippen molar-refractivity contribution < 1.29 is 14.6 Å². The van der Waals surface area contributed by atoms with Gasteiger partial charge in [0.1, 0.15) is 18.5 Å². The molecule has 4 heteroatoms. The van der Waals surface area contributed by atoms with Gasteiger partial charge in [0.05, 0.1) is 5.56 Å². The van der Waals surface area contributed by atoms with Gasteiger partial charge >= 0.3 is 0 Å². The molecule has 1 atom stereocenters. The summed E-state index contributed by atoms with van der Waals surface area (Å²) in [5.74, 6) is 0.514. The molecule has 1 aromatic carbocycles. The number of nitrogens with zero attached hydrogens (tertiary/aromatic N) is 1. The summed E-state index contributed by atoms with van der Waals surface area (Å²) in [6, 6.07) is 7.14. The molecule has 0 bridgehead atoms. The highest BCUT2D eigenvalue weighted by Crippen LogP contribution is 2.18. The maximum absolute atomic E-state index is 11.5. The quantitative estimate of drug-likeness (QED) is 0.674. The molecule has 1 aromatic rings. The van der Waals surface area contributed by atoms with Crippen LogP contribution in [-0.2, 0) is 0 Å². The summed E-state index contributed by atoms with van der Waals surface area (Å²) in [4.78, 5) is 13.7. The largest absolute Gasteiger partial charge is 0.490 e. The number of carbonyl (C=O) groups is 1. The zero-order valence-corrected chi connectivity index (χ0v) is 13.3. The third kappa shape index (κ3) is 6.27. The predicted octanol–water partition coefficient (Wildman–Crippen LogP) is 2.75. The Balaban J connectivity index is 2.52. The minimum Gasteiger partial charge on any atom is -0.490 e. The van der Waals surface area contributed by atoms with Crippen LogP contribution < -0.4 is 4.74 Å². The lowest BCUT2D eigenvalue weighted by atomic mass is 10.1. The van der Waals surface area contributed by atoms with Crippen LogP contribution in [0.5, 0.6) is 5.75 Å². The van der Waals surface area contributed by atoms with Crippen LogP contribution >= 0.6 is 0 Å². The van der Waals surface area contributed by atoms with E-state index < -0.39 is 6.10 Å². The topological polar surface area (TPSA) is 49.8 Å². The zero-order valence-electron chi connectivity index (χ0n) is 13.3. The summed E-state index contributed by atoms with van der Waals surface area (Å²) in [5, 5.41) is 10.1. The molecule has 0 heterocycles. The third-order valence-electron chi connectivity index (χ3n) is 3.25. The lowest BCUT2D eigenvalue weighted by Crippen LogP contribution is -2.36.